The highest BCUT2D eigenvalue weighted by Gasteiger charge is 2.09. The van der Waals surface area contributed by atoms with Gasteiger partial charge in [0.1, 0.15) is 0 Å². The molecule has 1 aromatic carbocycles. The molecule has 0 aliphatic heterocycles. The van der Waals surface area contributed by atoms with Gasteiger partial charge in [-0.05, 0) is 37.7 Å². The van der Waals surface area contributed by atoms with Crippen molar-refractivity contribution in [2.75, 3.05) is 19.6 Å². The van der Waals surface area contributed by atoms with Crippen LogP contribution < -0.4 is 5.32 Å². The van der Waals surface area contributed by atoms with Crippen LogP contribution in [0.4, 0.5) is 0 Å². The maximum absolute atomic E-state index is 4.53. The number of likely N-dealkylation sites (N-methyl/N-ethyl adjacent to an activating group) is 1. The molecule has 0 aliphatic carbocycles. The van der Waals surface area contributed by atoms with Gasteiger partial charge < -0.3 is 10.2 Å². The third-order valence-electron chi connectivity index (χ3n) is 3.87. The molecular weight excluding hydrogens is 326 g/mol. The number of nitrogens with zero attached hydrogens (tertiary/aromatic N) is 2. The second-order valence-corrected chi connectivity index (χ2v) is 6.23. The van der Waals surface area contributed by atoms with Crippen LogP contribution in [-0.2, 0) is 6.54 Å². The number of halogens is 1. The van der Waals surface area contributed by atoms with Crippen molar-refractivity contribution in [1.82, 2.24) is 15.2 Å². The van der Waals surface area contributed by atoms with Crippen LogP contribution >= 0.6 is 15.9 Å². The summed E-state index contributed by atoms with van der Waals surface area (Å²) in [4.78, 5) is 6.97. The van der Waals surface area contributed by atoms with Gasteiger partial charge >= 0.3 is 0 Å². The molecule has 1 unspecified atom stereocenters. The van der Waals surface area contributed by atoms with Gasteiger partial charge in [-0.3, -0.25) is 4.98 Å². The number of hydrogen-bond acceptors (Lipinski definition) is 3. The summed E-state index contributed by atoms with van der Waals surface area (Å²) in [6.45, 7) is 10.8. The highest BCUT2D eigenvalue weighted by atomic mass is 79.9. The molecule has 0 aliphatic rings. The summed E-state index contributed by atoms with van der Waals surface area (Å²) in [5.41, 5.74) is 2.33. The third-order valence-corrected chi connectivity index (χ3v) is 4.56. The summed E-state index contributed by atoms with van der Waals surface area (Å²) in [5, 5.41) is 4.79. The maximum Gasteiger partial charge on any atom is 0.0758 e. The molecule has 0 radical (unpaired) electrons. The number of benzene rings is 1. The van der Waals surface area contributed by atoms with Crippen molar-refractivity contribution in [1.29, 1.82) is 0 Å². The molecule has 0 saturated carbocycles. The smallest absolute Gasteiger partial charge is 0.0758 e. The van der Waals surface area contributed by atoms with E-state index < -0.39 is 0 Å². The molecule has 0 fully saturated rings. The summed E-state index contributed by atoms with van der Waals surface area (Å²) < 4.78 is 1.10. The zero-order valence-corrected chi connectivity index (χ0v) is 14.7. The monoisotopic (exact) mass is 349 g/mol. The van der Waals surface area contributed by atoms with Gasteiger partial charge in [0.2, 0.25) is 0 Å². The molecule has 4 heteroatoms. The number of rotatable bonds is 7. The van der Waals surface area contributed by atoms with Crippen molar-refractivity contribution < 1.29 is 0 Å². The summed E-state index contributed by atoms with van der Waals surface area (Å²) in [5.74, 6) is 0. The molecular formula is C17H24BrN3. The zero-order chi connectivity index (χ0) is 15.2. The molecule has 2 aromatic rings. The Hall–Kier alpha value is -0.970. The Labute approximate surface area is 135 Å². The van der Waals surface area contributed by atoms with Crippen LogP contribution in [-0.4, -0.2) is 35.6 Å². The molecule has 1 aromatic heterocycles. The van der Waals surface area contributed by atoms with Crippen molar-refractivity contribution in [3.05, 3.63) is 40.5 Å². The van der Waals surface area contributed by atoms with Crippen LogP contribution in [0.3, 0.4) is 0 Å². The van der Waals surface area contributed by atoms with Crippen molar-refractivity contribution in [3.63, 3.8) is 0 Å². The minimum atomic E-state index is 0.465. The number of aromatic nitrogens is 1. The maximum atomic E-state index is 4.53. The Balaban J connectivity index is 2.05. The van der Waals surface area contributed by atoms with Crippen molar-refractivity contribution in [2.24, 2.45) is 0 Å². The Kier molecular flexibility index (Phi) is 6.15. The second kappa shape index (κ2) is 7.87. The SMILES string of the molecule is CCN(CC)CC(C)NCc1ccc(Br)c2cccnc12. The first-order valence-corrected chi connectivity index (χ1v) is 8.42. The predicted molar refractivity (Wildman–Crippen MR) is 93.5 cm³/mol. The standard InChI is InChI=1S/C17H24BrN3/c1-4-21(5-2)12-13(3)20-11-14-8-9-16(18)15-7-6-10-19-17(14)15/h6-10,13,20H,4-5,11-12H2,1-3H3. The first kappa shape index (κ1) is 16.4. The van der Waals surface area contributed by atoms with E-state index in [2.05, 4.69) is 70.1 Å². The number of pyridine rings is 1. The van der Waals surface area contributed by atoms with Crippen LogP contribution in [0, 0.1) is 0 Å². The average molecular weight is 350 g/mol. The fourth-order valence-corrected chi connectivity index (χ4v) is 3.01. The highest BCUT2D eigenvalue weighted by Crippen LogP contribution is 2.25. The highest BCUT2D eigenvalue weighted by molar-refractivity contribution is 9.10. The average Bonchev–Trinajstić information content (AvgIpc) is 2.52. The van der Waals surface area contributed by atoms with Gasteiger partial charge in [-0.25, -0.2) is 0 Å². The van der Waals surface area contributed by atoms with Crippen LogP contribution in [0.2, 0.25) is 0 Å². The number of fused-ring (bicyclic) bond motifs is 1. The fraction of sp³-hybridized carbons (Fsp3) is 0.471. The Morgan fingerprint density at radius 2 is 2.00 bits per heavy atom. The first-order chi connectivity index (χ1) is 10.2. The third kappa shape index (κ3) is 4.25. The summed E-state index contributed by atoms with van der Waals surface area (Å²) in [6.07, 6.45) is 1.86. The van der Waals surface area contributed by atoms with E-state index in [1.807, 2.05) is 12.3 Å². The van der Waals surface area contributed by atoms with Gasteiger partial charge in [0.15, 0.2) is 0 Å². The van der Waals surface area contributed by atoms with Crippen LogP contribution in [0.5, 0.6) is 0 Å². The lowest BCUT2D eigenvalue weighted by Gasteiger charge is -2.23. The Morgan fingerprint density at radius 3 is 2.71 bits per heavy atom. The minimum absolute atomic E-state index is 0.465. The Morgan fingerprint density at radius 1 is 1.24 bits per heavy atom. The van der Waals surface area contributed by atoms with Crippen molar-refractivity contribution in [3.8, 4) is 0 Å². The zero-order valence-electron chi connectivity index (χ0n) is 13.1. The minimum Gasteiger partial charge on any atom is -0.309 e. The molecule has 0 spiro atoms. The molecule has 0 amide bonds. The van der Waals surface area contributed by atoms with Crippen molar-refractivity contribution >= 4 is 26.8 Å². The normalized spacial score (nSPS) is 13.0. The molecule has 0 saturated heterocycles. The predicted octanol–water partition coefficient (Wildman–Crippen LogP) is 3.82. The molecule has 0 bridgehead atoms. The van der Waals surface area contributed by atoms with Gasteiger partial charge in [-0.15, -0.1) is 0 Å². The van der Waals surface area contributed by atoms with E-state index in [0.717, 1.165) is 36.2 Å². The lowest BCUT2D eigenvalue weighted by molar-refractivity contribution is 0.271. The molecule has 1 N–H and O–H groups in total. The number of nitrogens with one attached hydrogen (secondary N) is 1. The topological polar surface area (TPSA) is 28.2 Å². The molecule has 1 atom stereocenters. The quantitative estimate of drug-likeness (QED) is 0.823. The van der Waals surface area contributed by atoms with E-state index in [1.165, 1.54) is 10.9 Å². The molecule has 1 heterocycles. The summed E-state index contributed by atoms with van der Waals surface area (Å²) >= 11 is 3.60. The van der Waals surface area contributed by atoms with Crippen LogP contribution in [0.1, 0.15) is 26.3 Å². The summed E-state index contributed by atoms with van der Waals surface area (Å²) in [7, 11) is 0. The summed E-state index contributed by atoms with van der Waals surface area (Å²) in [6, 6.07) is 8.81. The fourth-order valence-electron chi connectivity index (χ4n) is 2.56. The Bertz CT molecular complexity index is 581. The van der Waals surface area contributed by atoms with Gasteiger partial charge in [-0.2, -0.15) is 0 Å². The lowest BCUT2D eigenvalue weighted by Crippen LogP contribution is -2.38. The van der Waals surface area contributed by atoms with Crippen LogP contribution in [0.25, 0.3) is 10.9 Å². The van der Waals surface area contributed by atoms with Gasteiger partial charge in [-0.1, -0.05) is 41.9 Å². The van der Waals surface area contributed by atoms with E-state index in [0.29, 0.717) is 6.04 Å². The van der Waals surface area contributed by atoms with E-state index in [9.17, 15) is 0 Å². The molecule has 2 rings (SSSR count). The molecule has 114 valence electrons. The largest absolute Gasteiger partial charge is 0.309 e. The van der Waals surface area contributed by atoms with E-state index in [1.54, 1.807) is 0 Å². The van der Waals surface area contributed by atoms with E-state index in [4.69, 9.17) is 0 Å². The molecule has 3 nitrogen and oxygen atoms in total. The van der Waals surface area contributed by atoms with Crippen molar-refractivity contribution in [2.45, 2.75) is 33.4 Å². The second-order valence-electron chi connectivity index (χ2n) is 5.37. The molecule has 21 heavy (non-hydrogen) atoms. The van der Waals surface area contributed by atoms with Gasteiger partial charge in [0.05, 0.1) is 5.52 Å². The lowest BCUT2D eigenvalue weighted by atomic mass is 10.1. The van der Waals surface area contributed by atoms with Crippen LogP contribution in [0.15, 0.2) is 34.9 Å². The first-order valence-electron chi connectivity index (χ1n) is 7.63. The van der Waals surface area contributed by atoms with Gasteiger partial charge in [0.25, 0.3) is 0 Å². The number of hydrogen-bond donors (Lipinski definition) is 1. The van der Waals surface area contributed by atoms with Gasteiger partial charge in [0, 0.05) is 35.2 Å². The van der Waals surface area contributed by atoms with E-state index >= 15 is 0 Å². The van der Waals surface area contributed by atoms with E-state index in [-0.39, 0.29) is 0 Å².